The monoisotopic (exact) mass is 378 g/mol. The normalized spacial score (nSPS) is 15.4. The maximum atomic E-state index is 12.6. The quantitative estimate of drug-likeness (QED) is 0.792. The van der Waals surface area contributed by atoms with E-state index in [0.717, 1.165) is 43.2 Å². The number of allylic oxidation sites excluding steroid dienone is 2. The van der Waals surface area contributed by atoms with Gasteiger partial charge >= 0.3 is 0 Å². The molecule has 0 spiro atoms. The van der Waals surface area contributed by atoms with E-state index in [1.807, 2.05) is 48.5 Å². The van der Waals surface area contributed by atoms with E-state index in [1.165, 1.54) is 5.57 Å². The molecule has 2 aromatic rings. The predicted octanol–water partition coefficient (Wildman–Crippen LogP) is 5.22. The van der Waals surface area contributed by atoms with E-state index in [0.29, 0.717) is 5.56 Å². The van der Waals surface area contributed by atoms with E-state index in [9.17, 15) is 4.79 Å². The lowest BCUT2D eigenvalue weighted by Gasteiger charge is -2.28. The van der Waals surface area contributed by atoms with E-state index in [-0.39, 0.29) is 11.3 Å². The van der Waals surface area contributed by atoms with Crippen LogP contribution in [0.1, 0.15) is 43.6 Å². The second-order valence-corrected chi connectivity index (χ2v) is 8.37. The Morgan fingerprint density at radius 1 is 0.964 bits per heavy atom. The number of nitrogens with zero attached hydrogens (tertiary/aromatic N) is 1. The minimum atomic E-state index is -0.0943. The van der Waals surface area contributed by atoms with Crippen molar-refractivity contribution in [2.75, 3.05) is 36.5 Å². The number of amides is 1. The Bertz CT molecular complexity index is 824. The Morgan fingerprint density at radius 2 is 1.54 bits per heavy atom. The fraction of sp³-hybridized carbons (Fsp3) is 0.375. The van der Waals surface area contributed by atoms with Crippen LogP contribution in [0.15, 0.2) is 54.6 Å². The van der Waals surface area contributed by atoms with Gasteiger partial charge in [-0.3, -0.25) is 4.79 Å². The van der Waals surface area contributed by atoms with Gasteiger partial charge in [-0.15, -0.1) is 0 Å². The average molecular weight is 379 g/mol. The summed E-state index contributed by atoms with van der Waals surface area (Å²) in [5.74, 6) is -0.0943. The lowest BCUT2D eigenvalue weighted by Crippen LogP contribution is -2.36. The average Bonchev–Trinajstić information content (AvgIpc) is 2.68. The summed E-state index contributed by atoms with van der Waals surface area (Å²) in [6, 6.07) is 15.8. The summed E-state index contributed by atoms with van der Waals surface area (Å²) in [4.78, 5) is 14.9. The number of hydrogen-bond acceptors (Lipinski definition) is 3. The number of ether oxygens (including phenoxy) is 1. The molecule has 4 nitrogen and oxygen atoms in total. The van der Waals surface area contributed by atoms with Crippen molar-refractivity contribution in [2.24, 2.45) is 5.41 Å². The highest BCUT2D eigenvalue weighted by atomic mass is 16.5. The SMILES string of the molecule is C/C(=C\C(C)(C)C)c1ccc(C(=O)Nc2ccc(N3CCOCC3)cc2)cc1. The van der Waals surface area contributed by atoms with Crippen LogP contribution in [0.3, 0.4) is 0 Å². The molecule has 1 N–H and O–H groups in total. The van der Waals surface area contributed by atoms with Crippen LogP contribution in [-0.2, 0) is 4.74 Å². The number of hydrogen-bond donors (Lipinski definition) is 1. The highest BCUT2D eigenvalue weighted by Crippen LogP contribution is 2.24. The third-order valence-electron chi connectivity index (χ3n) is 4.75. The molecule has 1 fully saturated rings. The first kappa shape index (κ1) is 20.2. The Morgan fingerprint density at radius 3 is 2.11 bits per heavy atom. The summed E-state index contributed by atoms with van der Waals surface area (Å²) < 4.78 is 5.39. The number of anilines is 2. The molecule has 28 heavy (non-hydrogen) atoms. The van der Waals surface area contributed by atoms with Crippen LogP contribution in [0.2, 0.25) is 0 Å². The second-order valence-electron chi connectivity index (χ2n) is 8.37. The van der Waals surface area contributed by atoms with Crippen molar-refractivity contribution in [2.45, 2.75) is 27.7 Å². The first-order valence-electron chi connectivity index (χ1n) is 9.86. The zero-order valence-electron chi connectivity index (χ0n) is 17.3. The standard InChI is InChI=1S/C24H30N2O2/c1-18(17-24(2,3)4)19-5-7-20(8-6-19)23(27)25-21-9-11-22(12-10-21)26-13-15-28-16-14-26/h5-12,17H,13-16H2,1-4H3,(H,25,27)/b18-17+. The number of nitrogens with one attached hydrogen (secondary N) is 1. The van der Waals surface area contributed by atoms with Crippen molar-refractivity contribution in [3.63, 3.8) is 0 Å². The number of benzene rings is 2. The van der Waals surface area contributed by atoms with E-state index >= 15 is 0 Å². The number of carbonyl (C=O) groups excluding carboxylic acids is 1. The molecule has 0 aromatic heterocycles. The zero-order valence-corrected chi connectivity index (χ0v) is 17.3. The van der Waals surface area contributed by atoms with Crippen LogP contribution in [-0.4, -0.2) is 32.2 Å². The van der Waals surface area contributed by atoms with Crippen LogP contribution in [0.4, 0.5) is 11.4 Å². The van der Waals surface area contributed by atoms with Crippen molar-refractivity contribution >= 4 is 22.9 Å². The minimum absolute atomic E-state index is 0.0943. The molecule has 4 heteroatoms. The first-order chi connectivity index (χ1) is 13.3. The van der Waals surface area contributed by atoms with Crippen molar-refractivity contribution in [3.05, 3.63) is 65.7 Å². The van der Waals surface area contributed by atoms with Gasteiger partial charge in [0, 0.05) is 30.0 Å². The van der Waals surface area contributed by atoms with E-state index in [2.05, 4.69) is 44.0 Å². The van der Waals surface area contributed by atoms with Gasteiger partial charge in [0.1, 0.15) is 0 Å². The van der Waals surface area contributed by atoms with Gasteiger partial charge in [0.15, 0.2) is 0 Å². The van der Waals surface area contributed by atoms with Gasteiger partial charge in [-0.05, 0) is 59.9 Å². The van der Waals surface area contributed by atoms with Gasteiger partial charge in [0.05, 0.1) is 13.2 Å². The molecule has 2 aromatic carbocycles. The summed E-state index contributed by atoms with van der Waals surface area (Å²) >= 11 is 0. The van der Waals surface area contributed by atoms with Crippen LogP contribution in [0.25, 0.3) is 5.57 Å². The Labute approximate surface area is 168 Å². The van der Waals surface area contributed by atoms with Gasteiger partial charge in [-0.1, -0.05) is 39.0 Å². The molecule has 0 atom stereocenters. The van der Waals surface area contributed by atoms with Crippen LogP contribution in [0.5, 0.6) is 0 Å². The highest BCUT2D eigenvalue weighted by molar-refractivity contribution is 6.04. The number of rotatable bonds is 4. The molecule has 1 aliphatic heterocycles. The minimum Gasteiger partial charge on any atom is -0.378 e. The van der Waals surface area contributed by atoms with Crippen molar-refractivity contribution in [1.29, 1.82) is 0 Å². The van der Waals surface area contributed by atoms with E-state index < -0.39 is 0 Å². The van der Waals surface area contributed by atoms with Gasteiger partial charge in [0.25, 0.3) is 5.91 Å². The summed E-state index contributed by atoms with van der Waals surface area (Å²) in [5.41, 5.74) is 5.11. The topological polar surface area (TPSA) is 41.6 Å². The van der Waals surface area contributed by atoms with Crippen molar-refractivity contribution in [1.82, 2.24) is 0 Å². The molecular formula is C24H30N2O2. The van der Waals surface area contributed by atoms with E-state index in [4.69, 9.17) is 4.74 Å². The molecule has 1 saturated heterocycles. The molecule has 1 heterocycles. The number of carbonyl (C=O) groups is 1. The summed E-state index contributed by atoms with van der Waals surface area (Å²) in [6.45, 7) is 12.0. The lowest BCUT2D eigenvalue weighted by molar-refractivity contribution is 0.102. The van der Waals surface area contributed by atoms with Gasteiger partial charge in [-0.25, -0.2) is 0 Å². The summed E-state index contributed by atoms with van der Waals surface area (Å²) in [5, 5.41) is 2.98. The fourth-order valence-electron chi connectivity index (χ4n) is 3.40. The Hall–Kier alpha value is -2.59. The molecule has 3 rings (SSSR count). The smallest absolute Gasteiger partial charge is 0.255 e. The maximum absolute atomic E-state index is 12.6. The molecule has 0 radical (unpaired) electrons. The van der Waals surface area contributed by atoms with Crippen molar-refractivity contribution in [3.8, 4) is 0 Å². The second kappa shape index (κ2) is 8.61. The molecular weight excluding hydrogens is 348 g/mol. The fourth-order valence-corrected chi connectivity index (χ4v) is 3.40. The molecule has 0 bridgehead atoms. The van der Waals surface area contributed by atoms with E-state index in [1.54, 1.807) is 0 Å². The third kappa shape index (κ3) is 5.46. The lowest BCUT2D eigenvalue weighted by atomic mass is 9.91. The Balaban J connectivity index is 1.63. The molecule has 1 amide bonds. The molecule has 0 saturated carbocycles. The molecule has 148 valence electrons. The van der Waals surface area contributed by atoms with Crippen LogP contribution >= 0.6 is 0 Å². The summed E-state index contributed by atoms with van der Waals surface area (Å²) in [6.07, 6.45) is 2.25. The first-order valence-corrected chi connectivity index (χ1v) is 9.86. The van der Waals surface area contributed by atoms with Gasteiger partial charge in [-0.2, -0.15) is 0 Å². The maximum Gasteiger partial charge on any atom is 0.255 e. The summed E-state index contributed by atoms with van der Waals surface area (Å²) in [7, 11) is 0. The molecule has 1 aliphatic rings. The van der Waals surface area contributed by atoms with Crippen molar-refractivity contribution < 1.29 is 9.53 Å². The number of morpholine rings is 1. The predicted molar refractivity (Wildman–Crippen MR) is 117 cm³/mol. The van der Waals surface area contributed by atoms with Gasteiger partial charge < -0.3 is 15.0 Å². The molecule has 0 aliphatic carbocycles. The van der Waals surface area contributed by atoms with Crippen LogP contribution < -0.4 is 10.2 Å². The largest absolute Gasteiger partial charge is 0.378 e. The Kier molecular flexibility index (Phi) is 6.20. The third-order valence-corrected chi connectivity index (χ3v) is 4.75. The molecule has 0 unspecified atom stereocenters. The highest BCUT2D eigenvalue weighted by Gasteiger charge is 2.12. The van der Waals surface area contributed by atoms with Crippen LogP contribution in [0, 0.1) is 5.41 Å². The van der Waals surface area contributed by atoms with Gasteiger partial charge in [0.2, 0.25) is 0 Å². The zero-order chi connectivity index (χ0) is 20.1.